The Hall–Kier alpha value is -1.75. The van der Waals surface area contributed by atoms with Crippen LogP contribution < -0.4 is 0 Å². The lowest BCUT2D eigenvalue weighted by atomic mass is 10.4. The summed E-state index contributed by atoms with van der Waals surface area (Å²) in [5.74, 6) is 1.54. The highest BCUT2D eigenvalue weighted by Crippen LogP contribution is 2.25. The summed E-state index contributed by atoms with van der Waals surface area (Å²) in [5.41, 5.74) is 0. The van der Waals surface area contributed by atoms with Crippen molar-refractivity contribution in [2.75, 3.05) is 13.1 Å². The van der Waals surface area contributed by atoms with Crippen LogP contribution in [0.15, 0.2) is 50.3 Å². The molecular weight excluding hydrogens is 392 g/mol. The van der Waals surface area contributed by atoms with Gasteiger partial charge in [0.1, 0.15) is 4.90 Å². The Kier molecular flexibility index (Phi) is 6.07. The van der Waals surface area contributed by atoms with Crippen molar-refractivity contribution in [3.8, 4) is 10.7 Å². The summed E-state index contributed by atoms with van der Waals surface area (Å²) in [6, 6.07) is 7.14. The van der Waals surface area contributed by atoms with E-state index in [0.717, 1.165) is 4.88 Å². The smallest absolute Gasteiger partial charge is 0.244 e. The Labute approximate surface area is 160 Å². The number of thioether (sulfide) groups is 1. The Morgan fingerprint density at radius 1 is 1.23 bits per heavy atom. The van der Waals surface area contributed by atoms with E-state index in [4.69, 9.17) is 4.52 Å². The zero-order valence-electron chi connectivity index (χ0n) is 14.3. The minimum Gasteiger partial charge on any atom is -0.338 e. The first-order chi connectivity index (χ1) is 12.5. The second kappa shape index (κ2) is 8.30. The predicted octanol–water partition coefficient (Wildman–Crippen LogP) is 3.52. The van der Waals surface area contributed by atoms with E-state index < -0.39 is 10.0 Å². The molecule has 0 amide bonds. The van der Waals surface area contributed by atoms with Crippen LogP contribution in [0.4, 0.5) is 0 Å². The molecule has 0 aliphatic carbocycles. The topological polar surface area (TPSA) is 89.2 Å². The van der Waals surface area contributed by atoms with Gasteiger partial charge in [-0.05, 0) is 23.6 Å². The Morgan fingerprint density at radius 2 is 2.04 bits per heavy atom. The van der Waals surface area contributed by atoms with Crippen molar-refractivity contribution in [3.63, 3.8) is 0 Å². The highest BCUT2D eigenvalue weighted by atomic mass is 32.2. The van der Waals surface area contributed by atoms with Gasteiger partial charge in [-0.15, -0.1) is 11.3 Å². The van der Waals surface area contributed by atoms with E-state index in [2.05, 4.69) is 15.1 Å². The summed E-state index contributed by atoms with van der Waals surface area (Å²) < 4.78 is 31.5. The molecule has 0 radical (unpaired) electrons. The van der Waals surface area contributed by atoms with Crippen LogP contribution >= 0.6 is 23.1 Å². The van der Waals surface area contributed by atoms with Gasteiger partial charge >= 0.3 is 0 Å². The number of hydrogen-bond donors (Lipinski definition) is 0. The van der Waals surface area contributed by atoms with Crippen LogP contribution in [0.2, 0.25) is 0 Å². The van der Waals surface area contributed by atoms with Crippen molar-refractivity contribution in [1.82, 2.24) is 19.4 Å². The molecule has 7 nitrogen and oxygen atoms in total. The van der Waals surface area contributed by atoms with E-state index in [1.807, 2.05) is 31.4 Å². The number of rotatable bonds is 8. The third-order valence-electron chi connectivity index (χ3n) is 3.61. The van der Waals surface area contributed by atoms with Crippen LogP contribution in [0.5, 0.6) is 0 Å². The molecule has 10 heteroatoms. The van der Waals surface area contributed by atoms with Gasteiger partial charge in [-0.2, -0.15) is 9.29 Å². The minimum atomic E-state index is -3.48. The SMILES string of the molecule is CCN(CC)S(=O)(=O)c1ccc(SCc2nc(-c3cccs3)no2)nc1. The average Bonchev–Trinajstić information content (AvgIpc) is 3.32. The second-order valence-corrected chi connectivity index (χ2v) is 9.08. The fraction of sp³-hybridized carbons (Fsp3) is 0.312. The van der Waals surface area contributed by atoms with E-state index in [-0.39, 0.29) is 4.90 Å². The molecule has 0 N–H and O–H groups in total. The predicted molar refractivity (Wildman–Crippen MR) is 102 cm³/mol. The van der Waals surface area contributed by atoms with Gasteiger partial charge in [0.25, 0.3) is 0 Å². The highest BCUT2D eigenvalue weighted by molar-refractivity contribution is 7.98. The first kappa shape index (κ1) is 19.0. The quantitative estimate of drug-likeness (QED) is 0.525. The van der Waals surface area contributed by atoms with Crippen molar-refractivity contribution >= 4 is 33.1 Å². The number of sulfonamides is 1. The van der Waals surface area contributed by atoms with Crippen LogP contribution in [0.1, 0.15) is 19.7 Å². The molecule has 0 aromatic carbocycles. The molecule has 0 fully saturated rings. The molecule has 0 saturated carbocycles. The maximum atomic E-state index is 12.4. The van der Waals surface area contributed by atoms with E-state index in [0.29, 0.717) is 35.6 Å². The van der Waals surface area contributed by atoms with Crippen molar-refractivity contribution in [3.05, 3.63) is 41.7 Å². The molecule has 3 aromatic heterocycles. The maximum absolute atomic E-state index is 12.4. The summed E-state index contributed by atoms with van der Waals surface area (Å²) in [6.07, 6.45) is 1.39. The highest BCUT2D eigenvalue weighted by Gasteiger charge is 2.21. The molecule has 138 valence electrons. The average molecular weight is 411 g/mol. The van der Waals surface area contributed by atoms with Crippen LogP contribution in [0, 0.1) is 0 Å². The fourth-order valence-corrected chi connectivity index (χ4v) is 5.01. The summed E-state index contributed by atoms with van der Waals surface area (Å²) in [5, 5.41) is 6.61. The zero-order valence-corrected chi connectivity index (χ0v) is 16.8. The third-order valence-corrected chi connectivity index (χ3v) is 7.43. The van der Waals surface area contributed by atoms with Crippen LogP contribution in [0.3, 0.4) is 0 Å². The molecule has 0 atom stereocenters. The normalized spacial score (nSPS) is 12.0. The van der Waals surface area contributed by atoms with Crippen molar-refractivity contribution in [1.29, 1.82) is 0 Å². The number of aromatic nitrogens is 3. The Balaban J connectivity index is 1.65. The van der Waals surface area contributed by atoms with E-state index in [9.17, 15) is 8.42 Å². The third kappa shape index (κ3) is 4.14. The summed E-state index contributed by atoms with van der Waals surface area (Å²) in [4.78, 5) is 9.74. The molecule has 0 saturated heterocycles. The number of nitrogens with zero attached hydrogens (tertiary/aromatic N) is 4. The molecule has 0 aliphatic rings. The van der Waals surface area contributed by atoms with Gasteiger partial charge < -0.3 is 4.52 Å². The van der Waals surface area contributed by atoms with Gasteiger partial charge in [0.05, 0.1) is 15.7 Å². The molecule has 0 aliphatic heterocycles. The number of pyridine rings is 1. The second-order valence-electron chi connectivity index (χ2n) is 5.20. The van der Waals surface area contributed by atoms with Crippen molar-refractivity contribution in [2.24, 2.45) is 0 Å². The lowest BCUT2D eigenvalue weighted by Gasteiger charge is -2.18. The summed E-state index contributed by atoms with van der Waals surface area (Å²) >= 11 is 2.96. The van der Waals surface area contributed by atoms with Crippen molar-refractivity contribution < 1.29 is 12.9 Å². The van der Waals surface area contributed by atoms with Gasteiger partial charge in [0.15, 0.2) is 0 Å². The van der Waals surface area contributed by atoms with Crippen LogP contribution in [-0.2, 0) is 15.8 Å². The molecule has 3 rings (SSSR count). The molecule has 0 spiro atoms. The van der Waals surface area contributed by atoms with Gasteiger partial charge in [-0.25, -0.2) is 13.4 Å². The van der Waals surface area contributed by atoms with Gasteiger partial charge in [-0.1, -0.05) is 36.8 Å². The van der Waals surface area contributed by atoms with Crippen LogP contribution in [-0.4, -0.2) is 40.9 Å². The van der Waals surface area contributed by atoms with E-state index in [1.165, 1.54) is 22.3 Å². The first-order valence-electron chi connectivity index (χ1n) is 8.00. The largest absolute Gasteiger partial charge is 0.338 e. The molecule has 3 heterocycles. The molecule has 3 aromatic rings. The fourth-order valence-electron chi connectivity index (χ4n) is 2.27. The van der Waals surface area contributed by atoms with Crippen molar-refractivity contribution in [2.45, 2.75) is 29.5 Å². The van der Waals surface area contributed by atoms with Crippen LogP contribution in [0.25, 0.3) is 10.7 Å². The molecular formula is C16H18N4O3S3. The van der Waals surface area contributed by atoms with E-state index >= 15 is 0 Å². The standard InChI is InChI=1S/C16H18N4O3S3/c1-3-20(4-2)26(21,22)12-7-8-15(17-10-12)25-11-14-18-16(19-23-14)13-6-5-9-24-13/h5-10H,3-4,11H2,1-2H3. The first-order valence-corrected chi connectivity index (χ1v) is 11.3. The Bertz CT molecular complexity index is 934. The number of thiophene rings is 1. The zero-order chi connectivity index (χ0) is 18.6. The maximum Gasteiger partial charge on any atom is 0.244 e. The molecule has 26 heavy (non-hydrogen) atoms. The Morgan fingerprint density at radius 3 is 2.65 bits per heavy atom. The van der Waals surface area contributed by atoms with E-state index in [1.54, 1.807) is 23.5 Å². The molecule has 0 unspecified atom stereocenters. The van der Waals surface area contributed by atoms with Gasteiger partial charge in [0.2, 0.25) is 21.7 Å². The lowest BCUT2D eigenvalue weighted by Crippen LogP contribution is -2.30. The lowest BCUT2D eigenvalue weighted by molar-refractivity contribution is 0.392. The van der Waals surface area contributed by atoms with Gasteiger partial charge in [-0.3, -0.25) is 0 Å². The number of hydrogen-bond acceptors (Lipinski definition) is 8. The minimum absolute atomic E-state index is 0.198. The monoisotopic (exact) mass is 410 g/mol. The summed E-state index contributed by atoms with van der Waals surface area (Å²) in [6.45, 7) is 4.49. The summed E-state index contributed by atoms with van der Waals surface area (Å²) in [7, 11) is -3.48. The van der Waals surface area contributed by atoms with Gasteiger partial charge in [0, 0.05) is 19.3 Å². The molecule has 0 bridgehead atoms.